The van der Waals surface area contributed by atoms with Crippen LogP contribution >= 0.6 is 15.9 Å². The van der Waals surface area contributed by atoms with Crippen LogP contribution in [0.1, 0.15) is 21.5 Å². The number of nitrogens with one attached hydrogen (secondary N) is 3. The summed E-state index contributed by atoms with van der Waals surface area (Å²) in [5, 5.41) is 8.28. The smallest absolute Gasteiger partial charge is 0.314 e. The van der Waals surface area contributed by atoms with Gasteiger partial charge in [0.15, 0.2) is 0 Å². The van der Waals surface area contributed by atoms with E-state index in [2.05, 4.69) is 31.9 Å². The first kappa shape index (κ1) is 19.0. The molecular weight excluding hydrogens is 382 g/mol. The van der Waals surface area contributed by atoms with Crippen LogP contribution in [0.25, 0.3) is 0 Å². The minimum Gasteiger partial charge on any atom is -0.355 e. The van der Waals surface area contributed by atoms with E-state index in [1.807, 2.05) is 42.5 Å². The molecule has 0 heterocycles. The number of rotatable bonds is 7. The standard InChI is InChI=1S/C19H22BrN3O2/c1-21-18(24)16-4-2-3-15(13-16)10-12-23-19(25)22-11-9-14-5-7-17(20)8-6-14/h2-8,13H,9-12H2,1H3,(H,21,24)(H2,22,23,25). The molecule has 0 radical (unpaired) electrons. The molecule has 0 fully saturated rings. The molecule has 0 aliphatic carbocycles. The fourth-order valence-corrected chi connectivity index (χ4v) is 2.63. The fraction of sp³-hybridized carbons (Fsp3) is 0.263. The number of urea groups is 1. The van der Waals surface area contributed by atoms with Gasteiger partial charge in [0.1, 0.15) is 0 Å². The fourth-order valence-electron chi connectivity index (χ4n) is 2.37. The molecule has 25 heavy (non-hydrogen) atoms. The van der Waals surface area contributed by atoms with E-state index in [1.54, 1.807) is 13.1 Å². The molecular formula is C19H22BrN3O2. The van der Waals surface area contributed by atoms with E-state index < -0.39 is 0 Å². The molecule has 2 rings (SSSR count). The van der Waals surface area contributed by atoms with Crippen molar-refractivity contribution in [1.29, 1.82) is 0 Å². The number of benzene rings is 2. The maximum absolute atomic E-state index is 11.8. The summed E-state index contributed by atoms with van der Waals surface area (Å²) in [7, 11) is 1.61. The SMILES string of the molecule is CNC(=O)c1cccc(CCNC(=O)NCCc2ccc(Br)cc2)c1. The lowest BCUT2D eigenvalue weighted by atomic mass is 10.1. The van der Waals surface area contributed by atoms with Gasteiger partial charge in [0.2, 0.25) is 0 Å². The third-order valence-corrected chi connectivity index (χ3v) is 4.26. The van der Waals surface area contributed by atoms with Crippen molar-refractivity contribution in [2.24, 2.45) is 0 Å². The lowest BCUT2D eigenvalue weighted by Gasteiger charge is -2.08. The number of carbonyl (C=O) groups is 2. The topological polar surface area (TPSA) is 70.2 Å². The van der Waals surface area contributed by atoms with Gasteiger partial charge in [0.05, 0.1) is 0 Å². The van der Waals surface area contributed by atoms with Gasteiger partial charge in [0.25, 0.3) is 5.91 Å². The minimum absolute atomic E-state index is 0.111. The van der Waals surface area contributed by atoms with E-state index in [0.29, 0.717) is 25.1 Å². The van der Waals surface area contributed by atoms with Crippen molar-refractivity contribution in [3.05, 3.63) is 69.7 Å². The first-order chi connectivity index (χ1) is 12.1. The molecule has 0 bridgehead atoms. The molecule has 0 spiro atoms. The Bertz CT molecular complexity index is 717. The van der Waals surface area contributed by atoms with Gasteiger partial charge in [-0.1, -0.05) is 40.2 Å². The summed E-state index contributed by atoms with van der Waals surface area (Å²) in [6.07, 6.45) is 1.46. The van der Waals surface area contributed by atoms with E-state index in [9.17, 15) is 9.59 Å². The molecule has 0 atom stereocenters. The summed E-state index contributed by atoms with van der Waals surface area (Å²) in [6, 6.07) is 15.3. The zero-order valence-corrected chi connectivity index (χ0v) is 15.7. The molecule has 0 saturated carbocycles. The monoisotopic (exact) mass is 403 g/mol. The van der Waals surface area contributed by atoms with Crippen LogP contribution in [0.5, 0.6) is 0 Å². The zero-order chi connectivity index (χ0) is 18.1. The number of hydrogen-bond acceptors (Lipinski definition) is 2. The van der Waals surface area contributed by atoms with E-state index in [1.165, 1.54) is 5.56 Å². The highest BCUT2D eigenvalue weighted by molar-refractivity contribution is 9.10. The molecule has 3 N–H and O–H groups in total. The van der Waals surface area contributed by atoms with Gasteiger partial charge in [-0.05, 0) is 48.2 Å². The Labute approximate surface area is 156 Å². The third kappa shape index (κ3) is 6.58. The highest BCUT2D eigenvalue weighted by Gasteiger charge is 2.04. The predicted octanol–water partition coefficient (Wildman–Crippen LogP) is 2.89. The van der Waals surface area contributed by atoms with Crippen LogP contribution in [-0.4, -0.2) is 32.1 Å². The molecule has 6 heteroatoms. The summed E-state index contributed by atoms with van der Waals surface area (Å²) in [5.41, 5.74) is 2.81. The summed E-state index contributed by atoms with van der Waals surface area (Å²) >= 11 is 3.40. The van der Waals surface area contributed by atoms with Crippen LogP contribution in [0.15, 0.2) is 53.0 Å². The molecule has 0 unspecified atom stereocenters. The maximum atomic E-state index is 11.8. The van der Waals surface area contributed by atoms with Crippen LogP contribution in [-0.2, 0) is 12.8 Å². The predicted molar refractivity (Wildman–Crippen MR) is 103 cm³/mol. The van der Waals surface area contributed by atoms with Crippen molar-refractivity contribution in [2.45, 2.75) is 12.8 Å². The van der Waals surface area contributed by atoms with Crippen molar-refractivity contribution in [1.82, 2.24) is 16.0 Å². The first-order valence-electron chi connectivity index (χ1n) is 8.15. The van der Waals surface area contributed by atoms with Gasteiger partial charge >= 0.3 is 6.03 Å². The molecule has 2 aromatic carbocycles. The van der Waals surface area contributed by atoms with Gasteiger partial charge in [0, 0.05) is 30.2 Å². The molecule has 0 aliphatic heterocycles. The molecule has 0 saturated heterocycles. The van der Waals surface area contributed by atoms with Crippen LogP contribution < -0.4 is 16.0 Å². The average molecular weight is 404 g/mol. The minimum atomic E-state index is -0.181. The quantitative estimate of drug-likeness (QED) is 0.664. The number of carbonyl (C=O) groups excluding carboxylic acids is 2. The van der Waals surface area contributed by atoms with Crippen molar-refractivity contribution in [3.8, 4) is 0 Å². The summed E-state index contributed by atoms with van der Waals surface area (Å²) in [6.45, 7) is 1.10. The first-order valence-corrected chi connectivity index (χ1v) is 8.95. The summed E-state index contributed by atoms with van der Waals surface area (Å²) in [5.74, 6) is -0.111. The highest BCUT2D eigenvalue weighted by atomic mass is 79.9. The largest absolute Gasteiger partial charge is 0.355 e. The molecule has 2 aromatic rings. The number of halogens is 1. The van der Waals surface area contributed by atoms with Crippen LogP contribution in [0.2, 0.25) is 0 Å². The van der Waals surface area contributed by atoms with Crippen molar-refractivity contribution in [2.75, 3.05) is 20.1 Å². The summed E-state index contributed by atoms with van der Waals surface area (Å²) < 4.78 is 1.04. The number of hydrogen-bond donors (Lipinski definition) is 3. The second kappa shape index (κ2) is 9.84. The Morgan fingerprint density at radius 3 is 2.20 bits per heavy atom. The Balaban J connectivity index is 1.68. The van der Waals surface area contributed by atoms with Gasteiger partial charge in [-0.25, -0.2) is 4.79 Å². The maximum Gasteiger partial charge on any atom is 0.314 e. The second-order valence-electron chi connectivity index (χ2n) is 5.59. The highest BCUT2D eigenvalue weighted by Crippen LogP contribution is 2.10. The third-order valence-electron chi connectivity index (χ3n) is 3.73. The normalized spacial score (nSPS) is 10.2. The van der Waals surface area contributed by atoms with Crippen molar-refractivity contribution < 1.29 is 9.59 Å². The molecule has 0 aliphatic rings. The van der Waals surface area contributed by atoms with Crippen LogP contribution in [0, 0.1) is 0 Å². The van der Waals surface area contributed by atoms with Gasteiger partial charge in [-0.3, -0.25) is 4.79 Å². The molecule has 0 aromatic heterocycles. The second-order valence-corrected chi connectivity index (χ2v) is 6.50. The lowest BCUT2D eigenvalue weighted by molar-refractivity contribution is 0.0963. The zero-order valence-electron chi connectivity index (χ0n) is 14.1. The van der Waals surface area contributed by atoms with Crippen molar-refractivity contribution in [3.63, 3.8) is 0 Å². The van der Waals surface area contributed by atoms with Gasteiger partial charge in [-0.15, -0.1) is 0 Å². The van der Waals surface area contributed by atoms with Gasteiger partial charge in [-0.2, -0.15) is 0 Å². The van der Waals surface area contributed by atoms with E-state index in [0.717, 1.165) is 16.5 Å². The Kier molecular flexibility index (Phi) is 7.47. The molecule has 132 valence electrons. The number of amides is 3. The lowest BCUT2D eigenvalue weighted by Crippen LogP contribution is -2.37. The van der Waals surface area contributed by atoms with Crippen LogP contribution in [0.3, 0.4) is 0 Å². The van der Waals surface area contributed by atoms with Crippen LogP contribution in [0.4, 0.5) is 4.79 Å². The summed E-state index contributed by atoms with van der Waals surface area (Å²) in [4.78, 5) is 23.4. The van der Waals surface area contributed by atoms with Gasteiger partial charge < -0.3 is 16.0 Å². The molecule has 5 nitrogen and oxygen atoms in total. The van der Waals surface area contributed by atoms with E-state index in [4.69, 9.17) is 0 Å². The Hall–Kier alpha value is -2.34. The Morgan fingerprint density at radius 2 is 1.56 bits per heavy atom. The average Bonchev–Trinajstić information content (AvgIpc) is 2.63. The van der Waals surface area contributed by atoms with E-state index >= 15 is 0 Å². The van der Waals surface area contributed by atoms with E-state index in [-0.39, 0.29) is 11.9 Å². The molecule has 3 amide bonds. The van der Waals surface area contributed by atoms with Crippen molar-refractivity contribution >= 4 is 27.9 Å². The Morgan fingerprint density at radius 1 is 0.920 bits per heavy atom.